The third-order valence-corrected chi connectivity index (χ3v) is 3.39. The lowest BCUT2D eigenvalue weighted by molar-refractivity contribution is 0.452. The van der Waals surface area contributed by atoms with Crippen molar-refractivity contribution in [1.82, 2.24) is 24.7 Å². The van der Waals surface area contributed by atoms with E-state index in [1.807, 2.05) is 43.4 Å². The van der Waals surface area contributed by atoms with E-state index in [2.05, 4.69) is 20.1 Å². The number of fused-ring (bicyclic) bond motifs is 1. The van der Waals surface area contributed by atoms with Gasteiger partial charge in [0.1, 0.15) is 23.2 Å². The first-order chi connectivity index (χ1) is 11.8. The standard InChI is InChI=1S/C17H13N5O2/c1-22-16-14(10-21-22)17(20-11-19-16)24-13-7-5-12(6-8-13)23-15-4-2-3-9-18-15/h2-11H,1H3. The van der Waals surface area contributed by atoms with Gasteiger partial charge < -0.3 is 9.47 Å². The molecule has 0 amide bonds. The van der Waals surface area contributed by atoms with Crippen LogP contribution < -0.4 is 9.47 Å². The van der Waals surface area contributed by atoms with Gasteiger partial charge in [-0.1, -0.05) is 6.07 Å². The van der Waals surface area contributed by atoms with E-state index in [4.69, 9.17) is 9.47 Å². The average Bonchev–Trinajstić information content (AvgIpc) is 3.00. The number of aryl methyl sites for hydroxylation is 1. The van der Waals surface area contributed by atoms with Crippen molar-refractivity contribution in [2.45, 2.75) is 0 Å². The van der Waals surface area contributed by atoms with Gasteiger partial charge >= 0.3 is 0 Å². The molecule has 7 nitrogen and oxygen atoms in total. The molecular weight excluding hydrogens is 306 g/mol. The normalized spacial score (nSPS) is 10.7. The molecule has 0 saturated carbocycles. The van der Waals surface area contributed by atoms with Gasteiger partial charge in [0.25, 0.3) is 0 Å². The number of rotatable bonds is 4. The SMILES string of the molecule is Cn1ncc2c(Oc3ccc(Oc4ccccn4)cc3)ncnc21. The summed E-state index contributed by atoms with van der Waals surface area (Å²) in [6.07, 6.45) is 4.82. The van der Waals surface area contributed by atoms with Gasteiger partial charge in [0.05, 0.1) is 6.20 Å². The van der Waals surface area contributed by atoms with E-state index in [1.165, 1.54) is 6.33 Å². The van der Waals surface area contributed by atoms with Gasteiger partial charge in [-0.25, -0.2) is 15.0 Å². The molecule has 0 saturated heterocycles. The minimum absolute atomic E-state index is 0.464. The van der Waals surface area contributed by atoms with Crippen LogP contribution in [-0.2, 0) is 7.05 Å². The van der Waals surface area contributed by atoms with Crippen LogP contribution in [-0.4, -0.2) is 24.7 Å². The molecule has 0 spiro atoms. The Labute approximate surface area is 137 Å². The molecule has 0 aliphatic carbocycles. The number of hydrogen-bond acceptors (Lipinski definition) is 6. The summed E-state index contributed by atoms with van der Waals surface area (Å²) in [5.41, 5.74) is 0.718. The summed E-state index contributed by atoms with van der Waals surface area (Å²) < 4.78 is 13.2. The Morgan fingerprint density at radius 2 is 1.67 bits per heavy atom. The van der Waals surface area contributed by atoms with Crippen molar-refractivity contribution in [3.8, 4) is 23.3 Å². The van der Waals surface area contributed by atoms with Gasteiger partial charge in [0.15, 0.2) is 5.65 Å². The number of hydrogen-bond donors (Lipinski definition) is 0. The second-order valence-electron chi connectivity index (χ2n) is 5.03. The van der Waals surface area contributed by atoms with Crippen LogP contribution in [0.5, 0.6) is 23.3 Å². The highest BCUT2D eigenvalue weighted by Gasteiger charge is 2.10. The highest BCUT2D eigenvalue weighted by molar-refractivity contribution is 5.79. The fourth-order valence-corrected chi connectivity index (χ4v) is 2.24. The summed E-state index contributed by atoms with van der Waals surface area (Å²) >= 11 is 0. The first-order valence-corrected chi connectivity index (χ1v) is 7.29. The Kier molecular flexibility index (Phi) is 3.51. The monoisotopic (exact) mass is 319 g/mol. The molecule has 4 aromatic rings. The van der Waals surface area contributed by atoms with Crippen LogP contribution in [0, 0.1) is 0 Å². The van der Waals surface area contributed by atoms with Crippen molar-refractivity contribution >= 4 is 11.0 Å². The molecule has 0 unspecified atom stereocenters. The van der Waals surface area contributed by atoms with Crippen LogP contribution in [0.4, 0.5) is 0 Å². The molecule has 3 aromatic heterocycles. The maximum atomic E-state index is 5.83. The van der Waals surface area contributed by atoms with Crippen LogP contribution in [0.2, 0.25) is 0 Å². The molecule has 7 heteroatoms. The highest BCUT2D eigenvalue weighted by Crippen LogP contribution is 2.28. The van der Waals surface area contributed by atoms with Crippen LogP contribution in [0.25, 0.3) is 11.0 Å². The van der Waals surface area contributed by atoms with Crippen LogP contribution in [0.3, 0.4) is 0 Å². The second-order valence-corrected chi connectivity index (χ2v) is 5.03. The fraction of sp³-hybridized carbons (Fsp3) is 0.0588. The maximum absolute atomic E-state index is 5.83. The van der Waals surface area contributed by atoms with Crippen molar-refractivity contribution in [2.24, 2.45) is 7.05 Å². The van der Waals surface area contributed by atoms with E-state index in [9.17, 15) is 0 Å². The van der Waals surface area contributed by atoms with E-state index in [0.29, 0.717) is 23.3 Å². The topological polar surface area (TPSA) is 75.0 Å². The van der Waals surface area contributed by atoms with Gasteiger partial charge in [0, 0.05) is 19.3 Å². The number of ether oxygens (including phenoxy) is 2. The first kappa shape index (κ1) is 14.1. The molecule has 0 N–H and O–H groups in total. The van der Waals surface area contributed by atoms with Gasteiger partial charge in [-0.15, -0.1) is 0 Å². The van der Waals surface area contributed by atoms with Crippen molar-refractivity contribution in [3.63, 3.8) is 0 Å². The van der Waals surface area contributed by atoms with E-state index in [1.54, 1.807) is 23.1 Å². The summed E-state index contributed by atoms with van der Waals surface area (Å²) in [6, 6.07) is 12.7. The molecule has 4 rings (SSSR count). The number of pyridine rings is 1. The molecular formula is C17H13N5O2. The quantitative estimate of drug-likeness (QED) is 0.574. The molecule has 0 atom stereocenters. The summed E-state index contributed by atoms with van der Waals surface area (Å²) in [7, 11) is 1.82. The third-order valence-electron chi connectivity index (χ3n) is 3.39. The Bertz CT molecular complexity index is 967. The molecule has 0 fully saturated rings. The lowest BCUT2D eigenvalue weighted by Crippen LogP contribution is -1.94. The van der Waals surface area contributed by atoms with Crippen LogP contribution >= 0.6 is 0 Å². The summed E-state index contributed by atoms with van der Waals surface area (Å²) in [5.74, 6) is 2.33. The molecule has 0 aliphatic heterocycles. The number of aromatic nitrogens is 5. The Hall–Kier alpha value is -3.48. The maximum Gasteiger partial charge on any atom is 0.233 e. The van der Waals surface area contributed by atoms with Crippen LogP contribution in [0.1, 0.15) is 0 Å². The lowest BCUT2D eigenvalue weighted by atomic mass is 10.3. The Balaban J connectivity index is 1.55. The summed E-state index contributed by atoms with van der Waals surface area (Å²) in [6.45, 7) is 0. The highest BCUT2D eigenvalue weighted by atomic mass is 16.5. The lowest BCUT2D eigenvalue weighted by Gasteiger charge is -2.07. The van der Waals surface area contributed by atoms with Crippen molar-refractivity contribution in [3.05, 3.63) is 61.2 Å². The van der Waals surface area contributed by atoms with E-state index < -0.39 is 0 Å². The number of nitrogens with zero attached hydrogens (tertiary/aromatic N) is 5. The molecule has 0 bridgehead atoms. The van der Waals surface area contributed by atoms with Crippen molar-refractivity contribution in [1.29, 1.82) is 0 Å². The van der Waals surface area contributed by atoms with Gasteiger partial charge in [-0.2, -0.15) is 5.10 Å². The first-order valence-electron chi connectivity index (χ1n) is 7.29. The zero-order chi connectivity index (χ0) is 16.4. The molecule has 3 heterocycles. The van der Waals surface area contributed by atoms with Gasteiger partial charge in [-0.3, -0.25) is 4.68 Å². The molecule has 24 heavy (non-hydrogen) atoms. The summed E-state index contributed by atoms with van der Waals surface area (Å²) in [5, 5.41) is 4.92. The van der Waals surface area contributed by atoms with Crippen molar-refractivity contribution in [2.75, 3.05) is 0 Å². The largest absolute Gasteiger partial charge is 0.439 e. The minimum Gasteiger partial charge on any atom is -0.439 e. The molecule has 1 aromatic carbocycles. The van der Waals surface area contributed by atoms with Crippen LogP contribution in [0.15, 0.2) is 61.2 Å². The molecule has 118 valence electrons. The number of benzene rings is 1. The minimum atomic E-state index is 0.464. The van der Waals surface area contributed by atoms with E-state index in [0.717, 1.165) is 11.0 Å². The second kappa shape index (κ2) is 5.96. The molecule has 0 radical (unpaired) electrons. The Morgan fingerprint density at radius 1 is 0.875 bits per heavy atom. The zero-order valence-corrected chi connectivity index (χ0v) is 12.8. The van der Waals surface area contributed by atoms with E-state index in [-0.39, 0.29) is 0 Å². The van der Waals surface area contributed by atoms with E-state index >= 15 is 0 Å². The predicted molar refractivity (Wildman–Crippen MR) is 87.1 cm³/mol. The Morgan fingerprint density at radius 3 is 2.42 bits per heavy atom. The van der Waals surface area contributed by atoms with Gasteiger partial charge in [0.2, 0.25) is 11.8 Å². The third kappa shape index (κ3) is 2.74. The van der Waals surface area contributed by atoms with Crippen molar-refractivity contribution < 1.29 is 9.47 Å². The smallest absolute Gasteiger partial charge is 0.233 e. The summed E-state index contributed by atoms with van der Waals surface area (Å²) in [4.78, 5) is 12.5. The predicted octanol–water partition coefficient (Wildman–Crippen LogP) is 3.34. The fourth-order valence-electron chi connectivity index (χ4n) is 2.24. The van der Waals surface area contributed by atoms with Gasteiger partial charge in [-0.05, 0) is 30.3 Å². The molecule has 0 aliphatic rings. The zero-order valence-electron chi connectivity index (χ0n) is 12.8. The average molecular weight is 319 g/mol.